The first kappa shape index (κ1) is 15.7. The van der Waals surface area contributed by atoms with Crippen LogP contribution in [0.2, 0.25) is 0 Å². The predicted octanol–water partition coefficient (Wildman–Crippen LogP) is 3.04. The lowest BCUT2D eigenvalue weighted by Crippen LogP contribution is -2.05. The topological polar surface area (TPSA) is 89.1 Å². The van der Waals surface area contributed by atoms with Gasteiger partial charge in [-0.1, -0.05) is 24.3 Å². The summed E-state index contributed by atoms with van der Waals surface area (Å²) in [6.45, 7) is 2.09. The van der Waals surface area contributed by atoms with E-state index in [0.29, 0.717) is 6.54 Å². The van der Waals surface area contributed by atoms with Crippen LogP contribution >= 0.6 is 0 Å². The molecule has 0 bridgehead atoms. The van der Waals surface area contributed by atoms with E-state index < -0.39 is 16.3 Å². The molecule has 3 aromatic rings. The molecule has 3 N–H and O–H groups in total. The molecule has 3 rings (SSSR count). The van der Waals surface area contributed by atoms with E-state index >= 15 is 0 Å². The fourth-order valence-corrected chi connectivity index (χ4v) is 3.10. The molecule has 0 fully saturated rings. The molecule has 23 heavy (non-hydrogen) atoms. The van der Waals surface area contributed by atoms with E-state index in [1.165, 1.54) is 0 Å². The zero-order valence-corrected chi connectivity index (χ0v) is 13.5. The molecule has 2 aromatic carbocycles. The highest BCUT2D eigenvalue weighted by atomic mass is 32.2. The number of benzene rings is 2. The molecule has 0 radical (unpaired) electrons. The van der Waals surface area contributed by atoms with Gasteiger partial charge in [-0.2, -0.15) is 0 Å². The zero-order chi connectivity index (χ0) is 16.4. The predicted molar refractivity (Wildman–Crippen MR) is 92.1 cm³/mol. The van der Waals surface area contributed by atoms with Crippen molar-refractivity contribution in [2.45, 2.75) is 18.7 Å². The summed E-state index contributed by atoms with van der Waals surface area (Å²) in [5.74, 6) is 0. The first-order chi connectivity index (χ1) is 11.1. The second-order valence-corrected chi connectivity index (χ2v) is 6.52. The van der Waals surface area contributed by atoms with Crippen LogP contribution in [0.4, 0.5) is 0 Å². The first-order valence-corrected chi connectivity index (χ1v) is 8.41. The third-order valence-corrected chi connectivity index (χ3v) is 4.76. The van der Waals surface area contributed by atoms with E-state index in [0.717, 1.165) is 33.3 Å². The van der Waals surface area contributed by atoms with Gasteiger partial charge in [0.05, 0.1) is 16.3 Å². The third kappa shape index (κ3) is 3.01. The van der Waals surface area contributed by atoms with Gasteiger partial charge in [-0.15, -0.1) is 0 Å². The lowest BCUT2D eigenvalue weighted by Gasteiger charge is -2.16. The van der Waals surface area contributed by atoms with Crippen LogP contribution in [0.15, 0.2) is 48.8 Å². The first-order valence-electron chi connectivity index (χ1n) is 7.24. The quantitative estimate of drug-likeness (QED) is 0.719. The van der Waals surface area contributed by atoms with Crippen molar-refractivity contribution >= 4 is 22.1 Å². The monoisotopic (exact) mass is 327 g/mol. The van der Waals surface area contributed by atoms with E-state index in [-0.39, 0.29) is 0 Å². The average molecular weight is 327 g/mol. The molecule has 0 aliphatic heterocycles. The molecule has 0 spiro atoms. The highest BCUT2D eigenvalue weighted by Gasteiger charge is 2.18. The fourth-order valence-electron chi connectivity index (χ4n) is 2.68. The third-order valence-electron chi connectivity index (χ3n) is 3.91. The largest absolute Gasteiger partial charge is 0.326 e. The standard InChI is InChI=1S/C17H17N3O2S/c1-11(23(21)22)13-4-2-3-5-14(13)15-9-17-16(8-12(15)10-18)19-6-7-20-17/h2-9,11H,10,18H2,1H3,(H,21,22). The van der Waals surface area contributed by atoms with Crippen molar-refractivity contribution in [2.75, 3.05) is 0 Å². The van der Waals surface area contributed by atoms with Crippen molar-refractivity contribution in [3.63, 3.8) is 0 Å². The van der Waals surface area contributed by atoms with Crippen LogP contribution in [0.1, 0.15) is 23.3 Å². The maximum absolute atomic E-state index is 11.5. The van der Waals surface area contributed by atoms with E-state index in [9.17, 15) is 8.76 Å². The average Bonchev–Trinajstić information content (AvgIpc) is 2.59. The van der Waals surface area contributed by atoms with Crippen molar-refractivity contribution < 1.29 is 8.76 Å². The van der Waals surface area contributed by atoms with Gasteiger partial charge < -0.3 is 10.3 Å². The highest BCUT2D eigenvalue weighted by molar-refractivity contribution is 7.79. The van der Waals surface area contributed by atoms with Crippen LogP contribution in [-0.4, -0.2) is 18.7 Å². The SMILES string of the molecule is CC(c1ccccc1-c1cc2nccnc2cc1CN)S(=O)O. The second-order valence-electron chi connectivity index (χ2n) is 5.26. The number of aromatic nitrogens is 2. The van der Waals surface area contributed by atoms with Crippen LogP contribution in [0.25, 0.3) is 22.2 Å². The Hall–Kier alpha value is -2.15. The van der Waals surface area contributed by atoms with E-state index in [1.54, 1.807) is 19.3 Å². The Balaban J connectivity index is 2.26. The molecule has 5 nitrogen and oxygen atoms in total. The van der Waals surface area contributed by atoms with Crippen molar-refractivity contribution in [1.82, 2.24) is 9.97 Å². The van der Waals surface area contributed by atoms with Gasteiger partial charge in [-0.3, -0.25) is 9.97 Å². The number of rotatable bonds is 4. The molecule has 6 heteroatoms. The molecule has 1 aromatic heterocycles. The molecule has 0 saturated carbocycles. The fraction of sp³-hybridized carbons (Fsp3) is 0.176. The summed E-state index contributed by atoms with van der Waals surface area (Å²) in [5, 5.41) is -0.491. The minimum absolute atomic E-state index is 0.354. The number of fused-ring (bicyclic) bond motifs is 1. The maximum atomic E-state index is 11.5. The van der Waals surface area contributed by atoms with Gasteiger partial charge in [0.25, 0.3) is 0 Å². The van der Waals surface area contributed by atoms with Crippen LogP contribution in [0.5, 0.6) is 0 Å². The molecule has 0 aliphatic carbocycles. The van der Waals surface area contributed by atoms with Gasteiger partial charge in [0, 0.05) is 18.9 Å². The van der Waals surface area contributed by atoms with Crippen LogP contribution in [-0.2, 0) is 17.6 Å². The van der Waals surface area contributed by atoms with Crippen molar-refractivity contribution in [3.8, 4) is 11.1 Å². The minimum atomic E-state index is -1.94. The van der Waals surface area contributed by atoms with Gasteiger partial charge >= 0.3 is 0 Å². The molecular weight excluding hydrogens is 310 g/mol. The van der Waals surface area contributed by atoms with Crippen LogP contribution in [0, 0.1) is 0 Å². The lowest BCUT2D eigenvalue weighted by atomic mass is 9.93. The van der Waals surface area contributed by atoms with Gasteiger partial charge in [0.2, 0.25) is 0 Å². The number of nitrogens with two attached hydrogens (primary N) is 1. The maximum Gasteiger partial charge on any atom is 0.160 e. The molecule has 0 amide bonds. The summed E-state index contributed by atoms with van der Waals surface area (Å²) in [5.41, 5.74) is 11.0. The zero-order valence-electron chi connectivity index (χ0n) is 12.6. The summed E-state index contributed by atoms with van der Waals surface area (Å²) in [7, 11) is 0. The lowest BCUT2D eigenvalue weighted by molar-refractivity contribution is 0.554. The van der Waals surface area contributed by atoms with Crippen molar-refractivity contribution in [1.29, 1.82) is 0 Å². The van der Waals surface area contributed by atoms with Crippen LogP contribution in [0.3, 0.4) is 0 Å². The summed E-state index contributed by atoms with van der Waals surface area (Å²) in [6, 6.07) is 11.5. The van der Waals surface area contributed by atoms with Gasteiger partial charge in [-0.05, 0) is 41.3 Å². The van der Waals surface area contributed by atoms with E-state index in [4.69, 9.17) is 5.73 Å². The molecule has 0 aliphatic rings. The Morgan fingerprint density at radius 1 is 1.13 bits per heavy atom. The Kier molecular flexibility index (Phi) is 4.47. The highest BCUT2D eigenvalue weighted by Crippen LogP contribution is 2.34. The number of hydrogen-bond acceptors (Lipinski definition) is 4. The Morgan fingerprint density at radius 3 is 2.43 bits per heavy atom. The molecule has 2 atom stereocenters. The number of hydrogen-bond donors (Lipinski definition) is 2. The summed E-state index contributed by atoms with van der Waals surface area (Å²) in [6.07, 6.45) is 3.29. The van der Waals surface area contributed by atoms with E-state index in [1.807, 2.05) is 36.4 Å². The van der Waals surface area contributed by atoms with E-state index in [2.05, 4.69) is 9.97 Å². The molecule has 0 saturated heterocycles. The minimum Gasteiger partial charge on any atom is -0.326 e. The Morgan fingerprint density at radius 2 is 1.78 bits per heavy atom. The van der Waals surface area contributed by atoms with Crippen molar-refractivity contribution in [3.05, 3.63) is 59.9 Å². The summed E-state index contributed by atoms with van der Waals surface area (Å²) in [4.78, 5) is 8.64. The molecule has 118 valence electrons. The molecule has 2 unspecified atom stereocenters. The number of nitrogens with zero attached hydrogens (tertiary/aromatic N) is 2. The van der Waals surface area contributed by atoms with Gasteiger partial charge in [0.15, 0.2) is 11.1 Å². The van der Waals surface area contributed by atoms with Crippen LogP contribution < -0.4 is 5.73 Å². The smallest absolute Gasteiger partial charge is 0.160 e. The van der Waals surface area contributed by atoms with Gasteiger partial charge in [0.1, 0.15) is 0 Å². The Labute approximate surface area is 136 Å². The summed E-state index contributed by atoms with van der Waals surface area (Å²) < 4.78 is 21.0. The van der Waals surface area contributed by atoms with Crippen molar-refractivity contribution in [2.24, 2.45) is 5.73 Å². The Bertz CT molecular complexity index is 883. The molecule has 1 heterocycles. The normalized spacial score (nSPS) is 13.9. The summed E-state index contributed by atoms with van der Waals surface area (Å²) >= 11 is -1.94. The second kappa shape index (κ2) is 6.54. The van der Waals surface area contributed by atoms with Gasteiger partial charge in [-0.25, -0.2) is 4.21 Å². The molecular formula is C17H17N3O2S.